The average molecular weight is 235 g/mol. The van der Waals surface area contributed by atoms with E-state index in [1.165, 1.54) is 0 Å². The Hall–Kier alpha value is -2.11. The monoisotopic (exact) mass is 235 g/mol. The molecular weight excluding hydrogens is 218 g/mol. The third-order valence-corrected chi connectivity index (χ3v) is 2.11. The Morgan fingerprint density at radius 3 is 2.88 bits per heavy atom. The first-order valence-corrected chi connectivity index (χ1v) is 5.44. The molecule has 6 heteroatoms. The number of carbonyl (C=O) groups excluding carboxylic acids is 1. The minimum absolute atomic E-state index is 0.200. The second kappa shape index (κ2) is 6.47. The van der Waals surface area contributed by atoms with E-state index in [1.54, 1.807) is 18.3 Å². The van der Waals surface area contributed by atoms with Gasteiger partial charge in [0.05, 0.1) is 12.2 Å². The van der Waals surface area contributed by atoms with Crippen LogP contribution in [0.2, 0.25) is 0 Å². The summed E-state index contributed by atoms with van der Waals surface area (Å²) in [6.07, 6.45) is 2.47. The van der Waals surface area contributed by atoms with Crippen LogP contribution in [0.25, 0.3) is 0 Å². The van der Waals surface area contributed by atoms with Crippen molar-refractivity contribution in [3.63, 3.8) is 0 Å². The van der Waals surface area contributed by atoms with Crippen LogP contribution in [-0.2, 0) is 6.54 Å². The topological polar surface area (TPSA) is 95.1 Å². The van der Waals surface area contributed by atoms with E-state index in [2.05, 4.69) is 10.3 Å². The van der Waals surface area contributed by atoms with Gasteiger partial charge in [-0.05, 0) is 18.6 Å². The number of rotatable bonds is 4. The van der Waals surface area contributed by atoms with Crippen LogP contribution in [0, 0.1) is 5.41 Å². The molecule has 0 saturated carbocycles. The van der Waals surface area contributed by atoms with Gasteiger partial charge in [-0.1, -0.05) is 13.0 Å². The van der Waals surface area contributed by atoms with Gasteiger partial charge in [0.2, 0.25) is 0 Å². The van der Waals surface area contributed by atoms with Crippen molar-refractivity contribution in [3.05, 3.63) is 30.1 Å². The Balaban J connectivity index is 2.67. The van der Waals surface area contributed by atoms with Crippen LogP contribution in [0.15, 0.2) is 24.4 Å². The number of nitrogens with zero attached hydrogens (tertiary/aromatic N) is 2. The summed E-state index contributed by atoms with van der Waals surface area (Å²) in [4.78, 5) is 17.0. The van der Waals surface area contributed by atoms with Crippen molar-refractivity contribution < 1.29 is 4.79 Å². The summed E-state index contributed by atoms with van der Waals surface area (Å²) >= 11 is 0. The lowest BCUT2D eigenvalue weighted by molar-refractivity contribution is 0.218. The van der Waals surface area contributed by atoms with Crippen molar-refractivity contribution in [2.75, 3.05) is 6.54 Å². The predicted octanol–water partition coefficient (Wildman–Crippen LogP) is 0.897. The first-order chi connectivity index (χ1) is 8.15. The van der Waals surface area contributed by atoms with E-state index in [1.807, 2.05) is 13.0 Å². The maximum Gasteiger partial charge on any atom is 0.324 e. The molecule has 0 saturated heterocycles. The van der Waals surface area contributed by atoms with Crippen molar-refractivity contribution >= 4 is 12.0 Å². The van der Waals surface area contributed by atoms with Crippen LogP contribution in [-0.4, -0.2) is 28.4 Å². The highest BCUT2D eigenvalue weighted by Gasteiger charge is 2.16. The molecule has 0 aliphatic rings. The molecule has 0 spiro atoms. The highest BCUT2D eigenvalue weighted by molar-refractivity contribution is 5.93. The van der Waals surface area contributed by atoms with Gasteiger partial charge in [0.15, 0.2) is 5.96 Å². The van der Waals surface area contributed by atoms with E-state index in [0.717, 1.165) is 11.3 Å². The molecule has 0 aromatic carbocycles. The Kier molecular flexibility index (Phi) is 4.93. The lowest BCUT2D eigenvalue weighted by Gasteiger charge is -2.20. The van der Waals surface area contributed by atoms with Crippen molar-refractivity contribution in [2.45, 2.75) is 19.9 Å². The molecule has 0 fully saturated rings. The van der Waals surface area contributed by atoms with Crippen molar-refractivity contribution in [1.29, 1.82) is 5.41 Å². The molecule has 0 atom stereocenters. The molecule has 1 rings (SSSR count). The molecule has 1 aromatic rings. The largest absolute Gasteiger partial charge is 0.370 e. The number of aromatic nitrogens is 1. The fourth-order valence-corrected chi connectivity index (χ4v) is 1.25. The molecule has 2 amide bonds. The van der Waals surface area contributed by atoms with Gasteiger partial charge >= 0.3 is 6.03 Å². The van der Waals surface area contributed by atoms with E-state index in [0.29, 0.717) is 12.2 Å². The van der Waals surface area contributed by atoms with Crippen LogP contribution < -0.4 is 11.1 Å². The Morgan fingerprint density at radius 1 is 1.59 bits per heavy atom. The van der Waals surface area contributed by atoms with Gasteiger partial charge in [-0.2, -0.15) is 0 Å². The first kappa shape index (κ1) is 13.0. The quantitative estimate of drug-likeness (QED) is 0.534. The number of urea groups is 1. The zero-order valence-corrected chi connectivity index (χ0v) is 9.81. The number of nitrogens with two attached hydrogens (primary N) is 1. The van der Waals surface area contributed by atoms with Crippen LogP contribution in [0.4, 0.5) is 4.79 Å². The normalized spacial score (nSPS) is 9.71. The smallest absolute Gasteiger partial charge is 0.324 e. The Labute approximate surface area is 100 Å². The molecule has 0 radical (unpaired) electrons. The fourth-order valence-electron chi connectivity index (χ4n) is 1.25. The number of hydrogen-bond donors (Lipinski definition) is 3. The lowest BCUT2D eigenvalue weighted by atomic mass is 10.3. The molecule has 0 bridgehead atoms. The molecular formula is C11H17N5O. The van der Waals surface area contributed by atoms with E-state index in [4.69, 9.17) is 11.1 Å². The van der Waals surface area contributed by atoms with Crippen molar-refractivity contribution in [1.82, 2.24) is 15.2 Å². The summed E-state index contributed by atoms with van der Waals surface area (Å²) < 4.78 is 0. The first-order valence-electron chi connectivity index (χ1n) is 5.44. The highest BCUT2D eigenvalue weighted by atomic mass is 16.2. The Morgan fingerprint density at radius 2 is 2.35 bits per heavy atom. The second-order valence-electron chi connectivity index (χ2n) is 3.52. The number of guanidine groups is 1. The van der Waals surface area contributed by atoms with Gasteiger partial charge in [0, 0.05) is 12.7 Å². The van der Waals surface area contributed by atoms with Gasteiger partial charge in [0.25, 0.3) is 0 Å². The van der Waals surface area contributed by atoms with Crippen LogP contribution in [0.1, 0.15) is 19.0 Å². The molecule has 17 heavy (non-hydrogen) atoms. The molecule has 0 aliphatic carbocycles. The summed E-state index contributed by atoms with van der Waals surface area (Å²) in [6, 6.07) is 5.02. The van der Waals surface area contributed by atoms with E-state index in [-0.39, 0.29) is 18.5 Å². The third-order valence-electron chi connectivity index (χ3n) is 2.11. The van der Waals surface area contributed by atoms with Gasteiger partial charge in [-0.25, -0.2) is 4.79 Å². The predicted molar refractivity (Wildman–Crippen MR) is 65.4 cm³/mol. The number of nitrogens with one attached hydrogen (secondary N) is 2. The Bertz CT molecular complexity index is 379. The summed E-state index contributed by atoms with van der Waals surface area (Å²) in [6.45, 7) is 2.72. The molecule has 1 aromatic heterocycles. The second-order valence-corrected chi connectivity index (χ2v) is 3.52. The van der Waals surface area contributed by atoms with E-state index >= 15 is 0 Å². The SMILES string of the molecule is CCCNC(=O)N(Cc1ccccn1)C(=N)N. The molecule has 1 heterocycles. The standard InChI is InChI=1S/C11H17N5O/c1-2-6-15-11(17)16(10(12)13)8-9-5-3-4-7-14-9/h3-5,7H,2,6,8H2,1H3,(H3,12,13)(H,15,17). The van der Waals surface area contributed by atoms with Gasteiger partial charge in [0.1, 0.15) is 0 Å². The molecule has 0 aliphatic heterocycles. The number of pyridine rings is 1. The maximum atomic E-state index is 11.7. The van der Waals surface area contributed by atoms with Gasteiger partial charge in [-0.3, -0.25) is 15.3 Å². The van der Waals surface area contributed by atoms with Gasteiger partial charge in [-0.15, -0.1) is 0 Å². The summed E-state index contributed by atoms with van der Waals surface area (Å²) in [7, 11) is 0. The van der Waals surface area contributed by atoms with E-state index < -0.39 is 0 Å². The zero-order chi connectivity index (χ0) is 12.7. The minimum Gasteiger partial charge on any atom is -0.370 e. The average Bonchev–Trinajstić information content (AvgIpc) is 2.34. The summed E-state index contributed by atoms with van der Waals surface area (Å²) in [5.74, 6) is -0.288. The van der Waals surface area contributed by atoms with Crippen molar-refractivity contribution in [2.24, 2.45) is 5.73 Å². The number of hydrogen-bond acceptors (Lipinski definition) is 3. The number of amides is 2. The van der Waals surface area contributed by atoms with Crippen LogP contribution in [0.5, 0.6) is 0 Å². The van der Waals surface area contributed by atoms with Crippen LogP contribution in [0.3, 0.4) is 0 Å². The summed E-state index contributed by atoms with van der Waals surface area (Å²) in [5.41, 5.74) is 6.07. The maximum absolute atomic E-state index is 11.7. The van der Waals surface area contributed by atoms with Gasteiger partial charge < -0.3 is 11.1 Å². The highest BCUT2D eigenvalue weighted by Crippen LogP contribution is 2.00. The molecule has 92 valence electrons. The molecule has 6 nitrogen and oxygen atoms in total. The third kappa shape index (κ3) is 4.10. The zero-order valence-electron chi connectivity index (χ0n) is 9.81. The van der Waals surface area contributed by atoms with E-state index in [9.17, 15) is 4.79 Å². The molecule has 4 N–H and O–H groups in total. The molecule has 0 unspecified atom stereocenters. The lowest BCUT2D eigenvalue weighted by Crippen LogP contribution is -2.46. The van der Waals surface area contributed by atoms with Crippen LogP contribution >= 0.6 is 0 Å². The number of carbonyl (C=O) groups is 1. The van der Waals surface area contributed by atoms with Crippen molar-refractivity contribution in [3.8, 4) is 0 Å². The minimum atomic E-state index is -0.370. The fraction of sp³-hybridized carbons (Fsp3) is 0.364. The summed E-state index contributed by atoms with van der Waals surface area (Å²) in [5, 5.41) is 10.1.